The van der Waals surface area contributed by atoms with Gasteiger partial charge in [-0.05, 0) is 29.7 Å². The molecule has 1 N–H and O–H groups in total. The first kappa shape index (κ1) is 19.5. The number of benzene rings is 2. The zero-order valence-electron chi connectivity index (χ0n) is 13.7. The Hall–Kier alpha value is -2.83. The third kappa shape index (κ3) is 6.23. The van der Waals surface area contributed by atoms with Crippen molar-refractivity contribution in [3.8, 4) is 0 Å². The standard InChI is InChI=1S/C19H17F4NO2/c20-17-12-14(9-10-16(17)19(21,22)23)6-4-5-11-24-18(25)26-13-15-7-2-1-3-8-15/h1-4,6-10,12H,5,11,13H2,(H,24,25). The lowest BCUT2D eigenvalue weighted by Crippen LogP contribution is -2.24. The zero-order chi connectivity index (χ0) is 19.0. The Kier molecular flexibility index (Phi) is 6.77. The SMILES string of the molecule is O=C(NCCC=Cc1ccc(C(F)(F)F)c(F)c1)OCc1ccccc1. The van der Waals surface area contributed by atoms with Gasteiger partial charge in [0, 0.05) is 6.54 Å². The van der Waals surface area contributed by atoms with E-state index in [1.165, 1.54) is 12.1 Å². The van der Waals surface area contributed by atoms with Crippen LogP contribution in [0.25, 0.3) is 6.08 Å². The van der Waals surface area contributed by atoms with Gasteiger partial charge in [0.05, 0.1) is 5.56 Å². The Morgan fingerprint density at radius 1 is 1.12 bits per heavy atom. The van der Waals surface area contributed by atoms with Crippen molar-refractivity contribution >= 4 is 12.2 Å². The van der Waals surface area contributed by atoms with E-state index in [1.807, 2.05) is 30.3 Å². The second kappa shape index (κ2) is 9.03. The average Bonchev–Trinajstić information content (AvgIpc) is 2.59. The fourth-order valence-corrected chi connectivity index (χ4v) is 2.12. The normalized spacial score (nSPS) is 11.5. The highest BCUT2D eigenvalue weighted by Gasteiger charge is 2.33. The lowest BCUT2D eigenvalue weighted by atomic mass is 10.1. The van der Waals surface area contributed by atoms with Crippen LogP contribution in [0.1, 0.15) is 23.1 Å². The van der Waals surface area contributed by atoms with E-state index in [9.17, 15) is 22.4 Å². The number of amides is 1. The molecule has 2 aromatic carbocycles. The first-order valence-corrected chi connectivity index (χ1v) is 7.84. The summed E-state index contributed by atoms with van der Waals surface area (Å²) in [5, 5.41) is 2.54. The van der Waals surface area contributed by atoms with Gasteiger partial charge in [0.25, 0.3) is 0 Å². The number of halogens is 4. The number of hydrogen-bond acceptors (Lipinski definition) is 2. The van der Waals surface area contributed by atoms with E-state index in [-0.39, 0.29) is 13.2 Å². The van der Waals surface area contributed by atoms with Gasteiger partial charge in [-0.3, -0.25) is 0 Å². The molecule has 0 aromatic heterocycles. The van der Waals surface area contributed by atoms with Crippen molar-refractivity contribution in [2.24, 2.45) is 0 Å². The number of alkyl halides is 3. The molecule has 0 aliphatic carbocycles. The molecule has 0 atom stereocenters. The van der Waals surface area contributed by atoms with Gasteiger partial charge >= 0.3 is 12.3 Å². The Bertz CT molecular complexity index is 758. The molecular formula is C19H17F4NO2. The first-order valence-electron chi connectivity index (χ1n) is 7.84. The fraction of sp³-hybridized carbons (Fsp3) is 0.211. The van der Waals surface area contributed by atoms with Gasteiger partial charge in [-0.2, -0.15) is 13.2 Å². The highest BCUT2D eigenvalue weighted by atomic mass is 19.4. The second-order valence-corrected chi connectivity index (χ2v) is 5.42. The first-order chi connectivity index (χ1) is 12.4. The van der Waals surface area contributed by atoms with E-state index in [2.05, 4.69) is 5.32 Å². The monoisotopic (exact) mass is 367 g/mol. The highest BCUT2D eigenvalue weighted by molar-refractivity contribution is 5.67. The highest BCUT2D eigenvalue weighted by Crippen LogP contribution is 2.31. The summed E-state index contributed by atoms with van der Waals surface area (Å²) in [4.78, 5) is 11.5. The summed E-state index contributed by atoms with van der Waals surface area (Å²) < 4.78 is 55.9. The topological polar surface area (TPSA) is 38.3 Å². The van der Waals surface area contributed by atoms with E-state index < -0.39 is 23.7 Å². The maximum atomic E-state index is 13.4. The molecule has 2 aromatic rings. The van der Waals surface area contributed by atoms with Crippen molar-refractivity contribution in [3.63, 3.8) is 0 Å². The number of rotatable bonds is 6. The molecule has 1 amide bonds. The molecule has 0 saturated carbocycles. The molecule has 26 heavy (non-hydrogen) atoms. The van der Waals surface area contributed by atoms with Gasteiger partial charge < -0.3 is 10.1 Å². The van der Waals surface area contributed by atoms with Crippen LogP contribution < -0.4 is 5.32 Å². The Balaban J connectivity index is 1.72. The predicted molar refractivity (Wildman–Crippen MR) is 89.7 cm³/mol. The van der Waals surface area contributed by atoms with Crippen molar-refractivity contribution in [2.45, 2.75) is 19.2 Å². The van der Waals surface area contributed by atoms with Gasteiger partial charge in [-0.1, -0.05) is 48.6 Å². The Morgan fingerprint density at radius 2 is 1.85 bits per heavy atom. The van der Waals surface area contributed by atoms with Crippen LogP contribution in [0.4, 0.5) is 22.4 Å². The van der Waals surface area contributed by atoms with E-state index >= 15 is 0 Å². The largest absolute Gasteiger partial charge is 0.445 e. The second-order valence-electron chi connectivity index (χ2n) is 5.42. The molecule has 0 radical (unpaired) electrons. The molecule has 7 heteroatoms. The van der Waals surface area contributed by atoms with Crippen molar-refractivity contribution in [3.05, 3.63) is 77.1 Å². The van der Waals surface area contributed by atoms with Crippen LogP contribution in [0.3, 0.4) is 0 Å². The fourth-order valence-electron chi connectivity index (χ4n) is 2.12. The molecule has 0 unspecified atom stereocenters. The molecule has 0 aliphatic heterocycles. The quantitative estimate of drug-likeness (QED) is 0.565. The molecule has 0 spiro atoms. The van der Waals surface area contributed by atoms with Crippen molar-refractivity contribution < 1.29 is 27.1 Å². The number of alkyl carbamates (subject to hydrolysis) is 1. The molecule has 2 rings (SSSR count). The minimum atomic E-state index is -4.71. The summed E-state index contributed by atoms with van der Waals surface area (Å²) in [6.07, 6.45) is -1.75. The van der Waals surface area contributed by atoms with Crippen molar-refractivity contribution in [2.75, 3.05) is 6.54 Å². The van der Waals surface area contributed by atoms with E-state index in [0.717, 1.165) is 11.6 Å². The van der Waals surface area contributed by atoms with Crippen LogP contribution >= 0.6 is 0 Å². The van der Waals surface area contributed by atoms with Crippen LogP contribution in [-0.4, -0.2) is 12.6 Å². The lowest BCUT2D eigenvalue weighted by molar-refractivity contribution is -0.140. The number of carbonyl (C=O) groups excluding carboxylic acids is 1. The number of carbonyl (C=O) groups is 1. The number of nitrogens with one attached hydrogen (secondary N) is 1. The Morgan fingerprint density at radius 3 is 2.50 bits per heavy atom. The van der Waals surface area contributed by atoms with E-state index in [1.54, 1.807) is 6.08 Å². The molecule has 0 fully saturated rings. The van der Waals surface area contributed by atoms with Gasteiger partial charge in [-0.15, -0.1) is 0 Å². The maximum Gasteiger partial charge on any atom is 0.419 e. The minimum absolute atomic E-state index is 0.160. The van der Waals surface area contributed by atoms with Crippen LogP contribution in [0.5, 0.6) is 0 Å². The van der Waals surface area contributed by atoms with Gasteiger partial charge in [0.15, 0.2) is 0 Å². The predicted octanol–water partition coefficient (Wildman–Crippen LogP) is 5.17. The molecule has 0 bridgehead atoms. The van der Waals surface area contributed by atoms with Crippen LogP contribution in [0.15, 0.2) is 54.6 Å². The lowest BCUT2D eigenvalue weighted by Gasteiger charge is -2.08. The number of ether oxygens (including phenoxy) is 1. The van der Waals surface area contributed by atoms with Gasteiger partial charge in [-0.25, -0.2) is 9.18 Å². The minimum Gasteiger partial charge on any atom is -0.445 e. The smallest absolute Gasteiger partial charge is 0.419 e. The van der Waals surface area contributed by atoms with Crippen molar-refractivity contribution in [1.82, 2.24) is 5.32 Å². The Labute approximate surface area is 148 Å². The zero-order valence-corrected chi connectivity index (χ0v) is 13.7. The molecular weight excluding hydrogens is 350 g/mol. The summed E-state index contributed by atoms with van der Waals surface area (Å²) in [7, 11) is 0. The number of hydrogen-bond donors (Lipinski definition) is 1. The van der Waals surface area contributed by atoms with Gasteiger partial charge in [0.1, 0.15) is 12.4 Å². The molecule has 0 heterocycles. The molecule has 3 nitrogen and oxygen atoms in total. The van der Waals surface area contributed by atoms with Crippen molar-refractivity contribution in [1.29, 1.82) is 0 Å². The molecule has 0 saturated heterocycles. The van der Waals surface area contributed by atoms with E-state index in [4.69, 9.17) is 4.74 Å². The third-order valence-electron chi connectivity index (χ3n) is 3.40. The maximum absolute atomic E-state index is 13.4. The summed E-state index contributed by atoms with van der Waals surface area (Å²) in [6, 6.07) is 11.9. The summed E-state index contributed by atoms with van der Waals surface area (Å²) in [5.74, 6) is -1.32. The third-order valence-corrected chi connectivity index (χ3v) is 3.40. The van der Waals surface area contributed by atoms with Gasteiger partial charge in [0.2, 0.25) is 0 Å². The van der Waals surface area contributed by atoms with Crippen LogP contribution in [0.2, 0.25) is 0 Å². The van der Waals surface area contributed by atoms with Crippen LogP contribution in [0, 0.1) is 5.82 Å². The summed E-state index contributed by atoms with van der Waals surface area (Å²) in [6.45, 7) is 0.445. The summed E-state index contributed by atoms with van der Waals surface area (Å²) in [5.41, 5.74) is -0.119. The summed E-state index contributed by atoms with van der Waals surface area (Å²) >= 11 is 0. The van der Waals surface area contributed by atoms with Crippen LogP contribution in [-0.2, 0) is 17.5 Å². The molecule has 0 aliphatic rings. The molecule has 138 valence electrons. The van der Waals surface area contributed by atoms with E-state index in [0.29, 0.717) is 18.1 Å². The average molecular weight is 367 g/mol.